The summed E-state index contributed by atoms with van der Waals surface area (Å²) < 4.78 is 22.7. The van der Waals surface area contributed by atoms with Gasteiger partial charge in [-0.25, -0.2) is 14.4 Å². The highest BCUT2D eigenvalue weighted by Gasteiger charge is 2.45. The van der Waals surface area contributed by atoms with Crippen LogP contribution in [0.15, 0.2) is 48.8 Å². The van der Waals surface area contributed by atoms with Gasteiger partial charge in [-0.3, -0.25) is 39.4 Å². The Morgan fingerprint density at radius 3 is 2.39 bits per heavy atom. The number of hydrogen-bond acceptors (Lipinski definition) is 12. The first-order valence-corrected chi connectivity index (χ1v) is 21.9. The molecule has 1 unspecified atom stereocenters. The van der Waals surface area contributed by atoms with E-state index in [1.165, 1.54) is 0 Å². The lowest BCUT2D eigenvalue weighted by Crippen LogP contribution is -2.57. The smallest absolute Gasteiger partial charge is 0.262 e. The Labute approximate surface area is 354 Å². The van der Waals surface area contributed by atoms with E-state index in [-0.39, 0.29) is 24.5 Å². The quantitative estimate of drug-likeness (QED) is 0.215. The first kappa shape index (κ1) is 39.6. The molecule has 2 aromatic carbocycles. The van der Waals surface area contributed by atoms with Gasteiger partial charge in [0.05, 0.1) is 22.3 Å². The van der Waals surface area contributed by atoms with Crippen molar-refractivity contribution in [3.05, 3.63) is 59.9 Å². The molecule has 7 heterocycles. The van der Waals surface area contributed by atoms with Crippen molar-refractivity contribution in [1.82, 2.24) is 40.2 Å². The highest BCUT2D eigenvalue weighted by Crippen LogP contribution is 2.41. The number of benzene rings is 2. The highest BCUT2D eigenvalue weighted by atomic mass is 19.1. The first-order valence-electron chi connectivity index (χ1n) is 21.9. The van der Waals surface area contributed by atoms with Crippen molar-refractivity contribution in [2.75, 3.05) is 68.7 Å². The Morgan fingerprint density at radius 2 is 1.64 bits per heavy atom. The minimum atomic E-state index is -1.22. The summed E-state index contributed by atoms with van der Waals surface area (Å²) in [5.74, 6) is 0.187. The van der Waals surface area contributed by atoms with Crippen LogP contribution in [0.1, 0.15) is 85.9 Å². The molecular formula is C45H53FN10O5. The number of piperidine rings is 3. The monoisotopic (exact) mass is 832 g/mol. The average Bonchev–Trinajstić information content (AvgIpc) is 3.74. The van der Waals surface area contributed by atoms with Crippen LogP contribution in [-0.2, 0) is 9.59 Å². The number of carbonyl (C=O) groups excluding carboxylic acids is 4. The number of carbonyl (C=O) groups is 4. The number of H-pyrrole nitrogens is 1. The molecule has 6 aliphatic rings. The molecule has 1 aliphatic carbocycles. The van der Waals surface area contributed by atoms with Gasteiger partial charge in [0.1, 0.15) is 40.9 Å². The SMILES string of the molecule is C[C@H]1CN(c2cc(-c3n[nH]c4ccc(OC5(C)CC5)cc34)ncn2)CCN1CC1(F)CCN(CC2CCN(c3ccc4c(c3)C(=O)N(C3CCC(=O)NC3=O)C4=O)CC2)CC1. The Morgan fingerprint density at radius 1 is 0.852 bits per heavy atom. The van der Waals surface area contributed by atoms with Crippen LogP contribution in [0.2, 0.25) is 0 Å². The summed E-state index contributed by atoms with van der Waals surface area (Å²) >= 11 is 0. The number of nitrogens with one attached hydrogen (secondary N) is 2. The van der Waals surface area contributed by atoms with Gasteiger partial charge >= 0.3 is 0 Å². The Balaban J connectivity index is 0.690. The molecular weight excluding hydrogens is 780 g/mol. The largest absolute Gasteiger partial charge is 0.488 e. The molecule has 10 rings (SSSR count). The zero-order chi connectivity index (χ0) is 42.0. The first-order chi connectivity index (χ1) is 29.4. The zero-order valence-corrected chi connectivity index (χ0v) is 34.9. The molecule has 0 spiro atoms. The second-order valence-electron chi connectivity index (χ2n) is 18.4. The molecule has 320 valence electrons. The van der Waals surface area contributed by atoms with E-state index in [0.29, 0.717) is 36.4 Å². The van der Waals surface area contributed by atoms with Gasteiger partial charge in [-0.05, 0) is 101 Å². The number of nitrogens with zero attached hydrogens (tertiary/aromatic N) is 8. The Bertz CT molecular complexity index is 2390. The number of likely N-dealkylation sites (tertiary alicyclic amines) is 1. The van der Waals surface area contributed by atoms with Crippen molar-refractivity contribution in [3.63, 3.8) is 0 Å². The van der Waals surface area contributed by atoms with Gasteiger partial charge in [-0.15, -0.1) is 0 Å². The normalized spacial score (nSPS) is 24.7. The third-order valence-corrected chi connectivity index (χ3v) is 14.0. The summed E-state index contributed by atoms with van der Waals surface area (Å²) in [6.45, 7) is 11.1. The molecule has 0 bridgehead atoms. The van der Waals surface area contributed by atoms with Crippen molar-refractivity contribution in [2.24, 2.45) is 5.92 Å². The number of rotatable bonds is 10. The summed E-state index contributed by atoms with van der Waals surface area (Å²) in [5, 5.41) is 11.0. The molecule has 0 radical (unpaired) electrons. The molecule has 1 saturated carbocycles. The van der Waals surface area contributed by atoms with Gasteiger partial charge in [-0.2, -0.15) is 5.10 Å². The number of ether oxygens (including phenoxy) is 1. The number of hydrogen-bond donors (Lipinski definition) is 2. The molecule has 2 aromatic heterocycles. The minimum Gasteiger partial charge on any atom is -0.488 e. The standard InChI is InChI=1S/C45H53FN10O5/c1-28-24-54(38-23-36(47-27-48-38)40-34-22-31(61-44(2)11-12-44)4-6-35(34)50-51-40)19-20-55(28)26-45(46)13-17-52(18-14-45)25-29-9-15-53(16-10-29)30-3-5-32-33(21-30)43(60)56(42(32)59)37-7-8-39(57)49-41(37)58/h3-6,21-23,27-29,37H,7-20,24-26H2,1-2H3,(H,50,51)(H,49,57,58)/t28-,37?/m0/s1. The van der Waals surface area contributed by atoms with E-state index < -0.39 is 35.3 Å². The zero-order valence-electron chi connectivity index (χ0n) is 34.9. The fraction of sp³-hybridized carbons (Fsp3) is 0.533. The Hall–Kier alpha value is -5.48. The second kappa shape index (κ2) is 15.5. The van der Waals surface area contributed by atoms with E-state index in [1.54, 1.807) is 18.5 Å². The molecule has 16 heteroatoms. The van der Waals surface area contributed by atoms with E-state index in [0.717, 1.165) is 122 Å². The summed E-state index contributed by atoms with van der Waals surface area (Å²) in [4.78, 5) is 70.1. The number of alkyl halides is 1. The van der Waals surface area contributed by atoms with Gasteiger partial charge in [0.25, 0.3) is 11.8 Å². The van der Waals surface area contributed by atoms with Crippen LogP contribution in [0.3, 0.4) is 0 Å². The number of imide groups is 2. The maximum absolute atomic E-state index is 16.5. The number of amides is 4. The van der Waals surface area contributed by atoms with Crippen molar-refractivity contribution in [3.8, 4) is 17.1 Å². The van der Waals surface area contributed by atoms with E-state index in [4.69, 9.17) is 4.74 Å². The number of fused-ring (bicyclic) bond motifs is 2. The highest BCUT2D eigenvalue weighted by molar-refractivity contribution is 6.23. The maximum Gasteiger partial charge on any atom is 0.262 e. The fourth-order valence-electron chi connectivity index (χ4n) is 9.96. The summed E-state index contributed by atoms with van der Waals surface area (Å²) in [6.07, 6.45) is 6.96. The van der Waals surface area contributed by atoms with E-state index in [2.05, 4.69) is 58.9 Å². The molecule has 61 heavy (non-hydrogen) atoms. The van der Waals surface area contributed by atoms with Crippen molar-refractivity contribution < 1.29 is 28.3 Å². The van der Waals surface area contributed by atoms with Crippen LogP contribution in [-0.4, -0.2) is 141 Å². The molecule has 5 aliphatic heterocycles. The van der Waals surface area contributed by atoms with Gasteiger partial charge in [0.2, 0.25) is 11.8 Å². The van der Waals surface area contributed by atoms with Crippen LogP contribution in [0.25, 0.3) is 22.3 Å². The number of aromatic amines is 1. The van der Waals surface area contributed by atoms with Gasteiger partial charge in [0, 0.05) is 88.5 Å². The summed E-state index contributed by atoms with van der Waals surface area (Å²) in [5.41, 5.74) is 2.62. The van der Waals surface area contributed by atoms with Crippen molar-refractivity contribution in [1.29, 1.82) is 0 Å². The van der Waals surface area contributed by atoms with Crippen LogP contribution in [0, 0.1) is 5.92 Å². The van der Waals surface area contributed by atoms with Gasteiger partial charge in [-0.1, -0.05) is 0 Å². The number of halogens is 1. The number of anilines is 2. The predicted octanol–water partition coefficient (Wildman–Crippen LogP) is 4.58. The van der Waals surface area contributed by atoms with Gasteiger partial charge in [0.15, 0.2) is 0 Å². The summed E-state index contributed by atoms with van der Waals surface area (Å²) in [7, 11) is 0. The van der Waals surface area contributed by atoms with Gasteiger partial charge < -0.3 is 19.4 Å². The molecule has 4 aromatic rings. The van der Waals surface area contributed by atoms with E-state index >= 15 is 4.39 Å². The third-order valence-electron chi connectivity index (χ3n) is 14.0. The van der Waals surface area contributed by atoms with Crippen LogP contribution >= 0.6 is 0 Å². The van der Waals surface area contributed by atoms with Crippen LogP contribution < -0.4 is 19.9 Å². The van der Waals surface area contributed by atoms with E-state index in [1.807, 2.05) is 30.3 Å². The lowest BCUT2D eigenvalue weighted by atomic mass is 9.89. The summed E-state index contributed by atoms with van der Waals surface area (Å²) in [6, 6.07) is 12.5. The topological polar surface area (TPSA) is 160 Å². The number of piperazine rings is 1. The molecule has 2 N–H and O–H groups in total. The van der Waals surface area contributed by atoms with Crippen LogP contribution in [0.5, 0.6) is 5.75 Å². The molecule has 5 fully saturated rings. The fourth-order valence-corrected chi connectivity index (χ4v) is 9.96. The molecule has 2 atom stereocenters. The average molecular weight is 833 g/mol. The predicted molar refractivity (Wildman–Crippen MR) is 226 cm³/mol. The maximum atomic E-state index is 16.5. The van der Waals surface area contributed by atoms with Crippen LogP contribution in [0.4, 0.5) is 15.9 Å². The van der Waals surface area contributed by atoms with E-state index in [9.17, 15) is 19.2 Å². The lowest BCUT2D eigenvalue weighted by Gasteiger charge is -2.45. The molecule has 15 nitrogen and oxygen atoms in total. The Kier molecular flexibility index (Phi) is 10.0. The molecule has 4 saturated heterocycles. The third kappa shape index (κ3) is 7.84. The second-order valence-corrected chi connectivity index (χ2v) is 18.4. The number of aromatic nitrogens is 4. The molecule has 4 amide bonds. The van der Waals surface area contributed by atoms with Crippen molar-refractivity contribution >= 4 is 46.0 Å². The minimum absolute atomic E-state index is 0.0722. The lowest BCUT2D eigenvalue weighted by molar-refractivity contribution is -0.136. The van der Waals surface area contributed by atoms with Crippen molar-refractivity contribution in [2.45, 2.75) is 88.6 Å².